The van der Waals surface area contributed by atoms with Gasteiger partial charge in [0.1, 0.15) is 5.75 Å². The molecule has 7 heteroatoms. The maximum Gasteiger partial charge on any atom is 0.251 e. The zero-order valence-electron chi connectivity index (χ0n) is 14.0. The van der Waals surface area contributed by atoms with Crippen LogP contribution < -0.4 is 21.1 Å². The molecule has 2 rings (SSSR count). The van der Waals surface area contributed by atoms with Crippen molar-refractivity contribution >= 4 is 11.8 Å². The third-order valence-electron chi connectivity index (χ3n) is 4.35. The maximum absolute atomic E-state index is 12.4. The fraction of sp³-hybridized carbons (Fsp3) is 0.529. The van der Waals surface area contributed by atoms with E-state index in [9.17, 15) is 9.59 Å². The molecule has 7 nitrogen and oxygen atoms in total. The highest BCUT2D eigenvalue weighted by Gasteiger charge is 2.38. The van der Waals surface area contributed by atoms with Crippen LogP contribution in [0.2, 0.25) is 0 Å². The van der Waals surface area contributed by atoms with E-state index >= 15 is 0 Å². The number of nitrogens with one attached hydrogen (secondary N) is 2. The van der Waals surface area contributed by atoms with Crippen molar-refractivity contribution in [3.63, 3.8) is 0 Å². The van der Waals surface area contributed by atoms with E-state index in [4.69, 9.17) is 15.2 Å². The van der Waals surface area contributed by atoms with Gasteiger partial charge in [0.2, 0.25) is 5.91 Å². The van der Waals surface area contributed by atoms with Crippen LogP contribution in [0.3, 0.4) is 0 Å². The highest BCUT2D eigenvalue weighted by molar-refractivity contribution is 5.94. The molecule has 1 heterocycles. The number of hydrogen-bond acceptors (Lipinski definition) is 5. The Labute approximate surface area is 141 Å². The molecule has 132 valence electrons. The summed E-state index contributed by atoms with van der Waals surface area (Å²) in [5.74, 6) is 0.354. The van der Waals surface area contributed by atoms with Gasteiger partial charge < -0.3 is 25.8 Å². The van der Waals surface area contributed by atoms with Gasteiger partial charge in [0.15, 0.2) is 0 Å². The number of ether oxygens (including phenoxy) is 2. The Hall–Kier alpha value is -2.12. The highest BCUT2D eigenvalue weighted by atomic mass is 16.5. The molecule has 2 amide bonds. The quantitative estimate of drug-likeness (QED) is 0.622. The minimum atomic E-state index is -0.547. The monoisotopic (exact) mass is 335 g/mol. The molecule has 0 radical (unpaired) electrons. The Balaban J connectivity index is 1.77. The molecule has 1 saturated heterocycles. The van der Waals surface area contributed by atoms with E-state index in [-0.39, 0.29) is 11.8 Å². The number of carbonyl (C=O) groups is 2. The molecule has 1 aromatic carbocycles. The number of hydrogen-bond donors (Lipinski definition) is 3. The third-order valence-corrected chi connectivity index (χ3v) is 4.35. The van der Waals surface area contributed by atoms with Crippen molar-refractivity contribution in [1.29, 1.82) is 0 Å². The lowest BCUT2D eigenvalue weighted by molar-refractivity contribution is -0.135. The van der Waals surface area contributed by atoms with Crippen LogP contribution >= 0.6 is 0 Å². The molecule has 0 saturated carbocycles. The van der Waals surface area contributed by atoms with Gasteiger partial charge in [0, 0.05) is 38.4 Å². The molecular formula is C17H25N3O4. The average Bonchev–Trinajstić information content (AvgIpc) is 2.65. The zero-order chi connectivity index (χ0) is 17.4. The van der Waals surface area contributed by atoms with Crippen LogP contribution in [0.25, 0.3) is 0 Å². The molecule has 1 aliphatic rings. The Morgan fingerprint density at radius 3 is 2.62 bits per heavy atom. The summed E-state index contributed by atoms with van der Waals surface area (Å²) in [6.45, 7) is 2.11. The first-order valence-corrected chi connectivity index (χ1v) is 8.10. The predicted octanol–water partition coefficient (Wildman–Crippen LogP) is 0.297. The Bertz CT molecular complexity index is 571. The van der Waals surface area contributed by atoms with Crippen molar-refractivity contribution in [1.82, 2.24) is 10.6 Å². The van der Waals surface area contributed by atoms with Gasteiger partial charge >= 0.3 is 0 Å². The minimum Gasteiger partial charge on any atom is -0.497 e. The molecule has 24 heavy (non-hydrogen) atoms. The first-order valence-electron chi connectivity index (χ1n) is 8.10. The van der Waals surface area contributed by atoms with E-state index in [2.05, 4.69) is 10.6 Å². The number of rotatable bonds is 7. The smallest absolute Gasteiger partial charge is 0.251 e. The summed E-state index contributed by atoms with van der Waals surface area (Å²) in [7, 11) is 1.55. The van der Waals surface area contributed by atoms with Crippen LogP contribution in [0, 0.1) is 5.41 Å². The van der Waals surface area contributed by atoms with E-state index in [1.807, 2.05) is 0 Å². The topological polar surface area (TPSA) is 103 Å². The summed E-state index contributed by atoms with van der Waals surface area (Å²) in [6, 6.07) is 6.91. The summed E-state index contributed by atoms with van der Waals surface area (Å²) >= 11 is 0. The minimum absolute atomic E-state index is 0.0658. The molecule has 0 spiro atoms. The summed E-state index contributed by atoms with van der Waals surface area (Å²) in [4.78, 5) is 24.4. The SMILES string of the molecule is COc1cccc(C(=O)NCCNC(=O)C2(CN)CCOCC2)c1. The van der Waals surface area contributed by atoms with Crippen molar-refractivity contribution < 1.29 is 19.1 Å². The first-order chi connectivity index (χ1) is 11.6. The second kappa shape index (κ2) is 8.65. The number of carbonyl (C=O) groups excluding carboxylic acids is 2. The lowest BCUT2D eigenvalue weighted by Gasteiger charge is -2.34. The molecule has 0 bridgehead atoms. The lowest BCUT2D eigenvalue weighted by atomic mass is 9.79. The van der Waals surface area contributed by atoms with Crippen LogP contribution in [0.5, 0.6) is 5.75 Å². The normalized spacial score (nSPS) is 16.2. The molecule has 0 aromatic heterocycles. The third kappa shape index (κ3) is 4.46. The van der Waals surface area contributed by atoms with Crippen molar-refractivity contribution in [2.45, 2.75) is 12.8 Å². The fourth-order valence-corrected chi connectivity index (χ4v) is 2.69. The van der Waals surface area contributed by atoms with Crippen LogP contribution in [-0.2, 0) is 9.53 Å². The summed E-state index contributed by atoms with van der Waals surface area (Å²) in [6.07, 6.45) is 1.26. The highest BCUT2D eigenvalue weighted by Crippen LogP contribution is 2.29. The van der Waals surface area contributed by atoms with E-state index in [0.717, 1.165) is 0 Å². The van der Waals surface area contributed by atoms with Crippen LogP contribution in [0.15, 0.2) is 24.3 Å². The molecule has 1 aromatic rings. The fourth-order valence-electron chi connectivity index (χ4n) is 2.69. The summed E-state index contributed by atoms with van der Waals surface area (Å²) < 4.78 is 10.4. The molecule has 0 unspecified atom stereocenters. The van der Waals surface area contributed by atoms with Gasteiger partial charge in [-0.1, -0.05) is 6.07 Å². The standard InChI is InChI=1S/C17H25N3O4/c1-23-14-4-2-3-13(11-14)15(21)19-7-8-20-16(22)17(12-18)5-9-24-10-6-17/h2-4,11H,5-10,12,18H2,1H3,(H,19,21)(H,20,22). The predicted molar refractivity (Wildman–Crippen MR) is 89.9 cm³/mol. The Kier molecular flexibility index (Phi) is 6.57. The van der Waals surface area contributed by atoms with Crippen molar-refractivity contribution in [2.24, 2.45) is 11.1 Å². The van der Waals surface area contributed by atoms with Gasteiger partial charge in [0.05, 0.1) is 12.5 Å². The Morgan fingerprint density at radius 1 is 1.25 bits per heavy atom. The number of benzene rings is 1. The van der Waals surface area contributed by atoms with Gasteiger partial charge in [-0.3, -0.25) is 9.59 Å². The molecule has 0 aliphatic carbocycles. The molecule has 1 fully saturated rings. The number of amides is 2. The van der Waals surface area contributed by atoms with Gasteiger partial charge in [0.25, 0.3) is 5.91 Å². The van der Waals surface area contributed by atoms with Crippen LogP contribution in [-0.4, -0.2) is 51.8 Å². The van der Waals surface area contributed by atoms with E-state index < -0.39 is 5.41 Å². The summed E-state index contributed by atoms with van der Waals surface area (Å²) in [5.41, 5.74) is 5.77. The molecular weight excluding hydrogens is 310 g/mol. The second-order valence-electron chi connectivity index (χ2n) is 5.84. The molecule has 4 N–H and O–H groups in total. The van der Waals surface area contributed by atoms with E-state index in [1.54, 1.807) is 31.4 Å². The van der Waals surface area contributed by atoms with Gasteiger partial charge in [-0.2, -0.15) is 0 Å². The largest absolute Gasteiger partial charge is 0.497 e. The van der Waals surface area contributed by atoms with Gasteiger partial charge in [-0.05, 0) is 31.0 Å². The number of nitrogens with two attached hydrogens (primary N) is 1. The summed E-state index contributed by atoms with van der Waals surface area (Å²) in [5, 5.41) is 5.63. The second-order valence-corrected chi connectivity index (χ2v) is 5.84. The average molecular weight is 335 g/mol. The lowest BCUT2D eigenvalue weighted by Crippen LogP contribution is -2.50. The first kappa shape index (κ1) is 18.2. The van der Waals surface area contributed by atoms with Crippen LogP contribution in [0.4, 0.5) is 0 Å². The number of methoxy groups -OCH3 is 1. The van der Waals surface area contributed by atoms with Crippen molar-refractivity contribution in [3.8, 4) is 5.75 Å². The van der Waals surface area contributed by atoms with E-state index in [0.29, 0.717) is 57.0 Å². The maximum atomic E-state index is 12.4. The Morgan fingerprint density at radius 2 is 1.96 bits per heavy atom. The van der Waals surface area contributed by atoms with Crippen molar-refractivity contribution in [3.05, 3.63) is 29.8 Å². The van der Waals surface area contributed by atoms with Crippen molar-refractivity contribution in [2.75, 3.05) is 40.0 Å². The molecule has 0 atom stereocenters. The van der Waals surface area contributed by atoms with Gasteiger partial charge in [-0.15, -0.1) is 0 Å². The molecule has 1 aliphatic heterocycles. The zero-order valence-corrected chi connectivity index (χ0v) is 14.0. The van der Waals surface area contributed by atoms with Crippen LogP contribution in [0.1, 0.15) is 23.2 Å². The van der Waals surface area contributed by atoms with Gasteiger partial charge in [-0.25, -0.2) is 0 Å². The van der Waals surface area contributed by atoms with E-state index in [1.165, 1.54) is 0 Å².